The molecule has 26 heavy (non-hydrogen) atoms. The Labute approximate surface area is 151 Å². The molecule has 0 aliphatic rings. The molecular weight excluding hydrogens is 350 g/mol. The van der Waals surface area contributed by atoms with Gasteiger partial charge < -0.3 is 11.1 Å². The predicted molar refractivity (Wildman–Crippen MR) is 103 cm³/mol. The van der Waals surface area contributed by atoms with Crippen molar-refractivity contribution in [2.75, 3.05) is 18.4 Å². The van der Waals surface area contributed by atoms with Crippen LogP contribution in [-0.2, 0) is 10.0 Å². The average molecular weight is 369 g/mol. The Bertz CT molecular complexity index is 1050. The maximum Gasteiger partial charge on any atom is 0.238 e. The van der Waals surface area contributed by atoms with E-state index in [2.05, 4.69) is 15.5 Å². The minimum Gasteiger partial charge on any atom is -0.382 e. The molecule has 3 aromatic carbocycles. The normalized spacial score (nSPS) is 11.9. The lowest BCUT2D eigenvalue weighted by atomic mass is 10.1. The molecule has 0 atom stereocenters. The lowest BCUT2D eigenvalue weighted by Crippen LogP contribution is -2.13. The zero-order valence-electron chi connectivity index (χ0n) is 14.0. The number of nitrogens with two attached hydrogens (primary N) is 2. The molecule has 5 N–H and O–H groups in total. The first-order chi connectivity index (χ1) is 12.5. The van der Waals surface area contributed by atoms with Crippen molar-refractivity contribution in [3.63, 3.8) is 0 Å². The molecule has 7 nitrogen and oxygen atoms in total. The van der Waals surface area contributed by atoms with Gasteiger partial charge in [0.05, 0.1) is 16.3 Å². The number of azo groups is 1. The van der Waals surface area contributed by atoms with Crippen LogP contribution >= 0.6 is 0 Å². The molecule has 3 rings (SSSR count). The van der Waals surface area contributed by atoms with Crippen molar-refractivity contribution in [1.82, 2.24) is 0 Å². The van der Waals surface area contributed by atoms with E-state index in [1.54, 1.807) is 12.1 Å². The second kappa shape index (κ2) is 7.61. The van der Waals surface area contributed by atoms with E-state index < -0.39 is 10.0 Å². The Kier molecular flexibility index (Phi) is 5.27. The number of hydrogen-bond acceptors (Lipinski definition) is 6. The number of benzene rings is 3. The number of hydrogen-bond donors (Lipinski definition) is 3. The highest BCUT2D eigenvalue weighted by Crippen LogP contribution is 2.35. The van der Waals surface area contributed by atoms with E-state index in [0.717, 1.165) is 16.5 Å². The summed E-state index contributed by atoms with van der Waals surface area (Å²) in [6.07, 6.45) is 0. The van der Waals surface area contributed by atoms with Gasteiger partial charge >= 0.3 is 0 Å². The second-order valence-electron chi connectivity index (χ2n) is 5.64. The van der Waals surface area contributed by atoms with E-state index in [-0.39, 0.29) is 4.90 Å². The number of sulfonamides is 1. The van der Waals surface area contributed by atoms with E-state index in [1.807, 2.05) is 36.4 Å². The second-order valence-corrected chi connectivity index (χ2v) is 7.20. The molecule has 0 aliphatic carbocycles. The highest BCUT2D eigenvalue weighted by molar-refractivity contribution is 7.89. The topological polar surface area (TPSA) is 123 Å². The zero-order chi connectivity index (χ0) is 18.6. The van der Waals surface area contributed by atoms with Gasteiger partial charge in [0, 0.05) is 18.5 Å². The molecule has 0 amide bonds. The van der Waals surface area contributed by atoms with Crippen LogP contribution in [0.25, 0.3) is 10.8 Å². The number of anilines is 1. The number of nitrogens with zero attached hydrogens (tertiary/aromatic N) is 2. The molecule has 0 aliphatic heterocycles. The SMILES string of the molecule is NCCNc1ccc2ccccc2c1N=Nc1ccc(S(N)(=O)=O)cc1. The van der Waals surface area contributed by atoms with E-state index in [0.29, 0.717) is 24.5 Å². The van der Waals surface area contributed by atoms with Crippen molar-refractivity contribution in [1.29, 1.82) is 0 Å². The summed E-state index contributed by atoms with van der Waals surface area (Å²) in [5, 5.41) is 19.0. The van der Waals surface area contributed by atoms with Crippen LogP contribution in [0.3, 0.4) is 0 Å². The molecule has 0 heterocycles. The molecule has 0 fully saturated rings. The van der Waals surface area contributed by atoms with Crippen LogP contribution in [0.5, 0.6) is 0 Å². The summed E-state index contributed by atoms with van der Waals surface area (Å²) in [5.41, 5.74) is 7.63. The summed E-state index contributed by atoms with van der Waals surface area (Å²) in [6.45, 7) is 1.11. The first-order valence-electron chi connectivity index (χ1n) is 7.99. The molecule has 0 bridgehead atoms. The Morgan fingerprint density at radius 2 is 1.65 bits per heavy atom. The summed E-state index contributed by atoms with van der Waals surface area (Å²) < 4.78 is 22.6. The van der Waals surface area contributed by atoms with Crippen LogP contribution in [0.1, 0.15) is 0 Å². The maximum atomic E-state index is 11.3. The standard InChI is InChI=1S/C18H19N5O2S/c19-11-12-21-17-10-5-13-3-1-2-4-16(13)18(17)23-22-14-6-8-15(9-7-14)26(20,24)25/h1-10,21H,11-12,19H2,(H2,20,24,25). The van der Waals surface area contributed by atoms with Crippen LogP contribution in [-0.4, -0.2) is 21.5 Å². The van der Waals surface area contributed by atoms with E-state index in [9.17, 15) is 8.42 Å². The quantitative estimate of drug-likeness (QED) is 0.577. The van der Waals surface area contributed by atoms with Gasteiger partial charge in [-0.25, -0.2) is 13.6 Å². The van der Waals surface area contributed by atoms with Crippen molar-refractivity contribution >= 4 is 37.9 Å². The summed E-state index contributed by atoms with van der Waals surface area (Å²) in [5.74, 6) is 0. The first-order valence-corrected chi connectivity index (χ1v) is 9.54. The lowest BCUT2D eigenvalue weighted by Gasteiger charge is -2.10. The van der Waals surface area contributed by atoms with Crippen LogP contribution in [0.15, 0.2) is 75.8 Å². The van der Waals surface area contributed by atoms with Crippen LogP contribution in [0.2, 0.25) is 0 Å². The molecule has 3 aromatic rings. The fraction of sp³-hybridized carbons (Fsp3) is 0.111. The first kappa shape index (κ1) is 18.0. The average Bonchev–Trinajstić information content (AvgIpc) is 2.64. The molecule has 0 saturated carbocycles. The van der Waals surface area contributed by atoms with Gasteiger partial charge in [-0.15, -0.1) is 5.11 Å². The van der Waals surface area contributed by atoms with Gasteiger partial charge in [0.2, 0.25) is 10.0 Å². The third-order valence-corrected chi connectivity index (χ3v) is 4.72. The van der Waals surface area contributed by atoms with E-state index >= 15 is 0 Å². The third kappa shape index (κ3) is 4.05. The molecule has 8 heteroatoms. The van der Waals surface area contributed by atoms with Gasteiger partial charge in [0.25, 0.3) is 0 Å². The number of primary sulfonamides is 1. The van der Waals surface area contributed by atoms with Crippen molar-refractivity contribution in [2.45, 2.75) is 4.90 Å². The minimum absolute atomic E-state index is 0.0342. The maximum absolute atomic E-state index is 11.3. The molecule has 0 radical (unpaired) electrons. The smallest absolute Gasteiger partial charge is 0.238 e. The molecule has 0 saturated heterocycles. The van der Waals surface area contributed by atoms with Gasteiger partial charge in [-0.05, 0) is 35.7 Å². The van der Waals surface area contributed by atoms with Gasteiger partial charge in [-0.3, -0.25) is 0 Å². The number of fused-ring (bicyclic) bond motifs is 1. The molecule has 0 unspecified atom stereocenters. The third-order valence-electron chi connectivity index (χ3n) is 3.79. The largest absolute Gasteiger partial charge is 0.382 e. The van der Waals surface area contributed by atoms with Crippen molar-refractivity contribution in [3.8, 4) is 0 Å². The van der Waals surface area contributed by atoms with Crippen LogP contribution in [0.4, 0.5) is 17.1 Å². The zero-order valence-corrected chi connectivity index (χ0v) is 14.8. The summed E-state index contributed by atoms with van der Waals surface area (Å²) in [7, 11) is -3.73. The minimum atomic E-state index is -3.73. The molecular formula is C18H19N5O2S. The fourth-order valence-electron chi connectivity index (χ4n) is 2.52. The Hall–Kier alpha value is -2.81. The summed E-state index contributed by atoms with van der Waals surface area (Å²) in [6, 6.07) is 17.7. The summed E-state index contributed by atoms with van der Waals surface area (Å²) in [4.78, 5) is 0.0342. The van der Waals surface area contributed by atoms with Gasteiger partial charge in [0.1, 0.15) is 5.69 Å². The molecule has 0 aromatic heterocycles. The Morgan fingerprint density at radius 1 is 0.923 bits per heavy atom. The van der Waals surface area contributed by atoms with E-state index in [1.165, 1.54) is 12.1 Å². The van der Waals surface area contributed by atoms with Crippen molar-refractivity contribution in [2.24, 2.45) is 21.1 Å². The summed E-state index contributed by atoms with van der Waals surface area (Å²) >= 11 is 0. The van der Waals surface area contributed by atoms with Gasteiger partial charge in [-0.2, -0.15) is 5.11 Å². The van der Waals surface area contributed by atoms with Gasteiger partial charge in [0.15, 0.2) is 0 Å². The number of nitrogens with one attached hydrogen (secondary N) is 1. The van der Waals surface area contributed by atoms with Crippen molar-refractivity contribution in [3.05, 3.63) is 60.7 Å². The van der Waals surface area contributed by atoms with Crippen LogP contribution < -0.4 is 16.2 Å². The number of rotatable bonds is 6. The Balaban J connectivity index is 1.99. The Morgan fingerprint density at radius 3 is 2.35 bits per heavy atom. The monoisotopic (exact) mass is 369 g/mol. The van der Waals surface area contributed by atoms with Crippen LogP contribution in [0, 0.1) is 0 Å². The molecule has 0 spiro atoms. The van der Waals surface area contributed by atoms with Gasteiger partial charge in [-0.1, -0.05) is 30.3 Å². The highest BCUT2D eigenvalue weighted by Gasteiger charge is 2.08. The van der Waals surface area contributed by atoms with Crippen molar-refractivity contribution < 1.29 is 8.42 Å². The van der Waals surface area contributed by atoms with E-state index in [4.69, 9.17) is 10.9 Å². The fourth-order valence-corrected chi connectivity index (χ4v) is 3.04. The predicted octanol–water partition coefficient (Wildman–Crippen LogP) is 3.27. The highest BCUT2D eigenvalue weighted by atomic mass is 32.2. The molecule has 134 valence electrons. The lowest BCUT2D eigenvalue weighted by molar-refractivity contribution is 0.598.